The number of aliphatic hydroxyl groups is 2. The zero-order chi connectivity index (χ0) is 27.9. The van der Waals surface area contributed by atoms with E-state index in [0.29, 0.717) is 19.6 Å². The van der Waals surface area contributed by atoms with E-state index in [9.17, 15) is 15.7 Å². The third-order valence-electron chi connectivity index (χ3n) is 6.37. The number of azide groups is 4. The second-order valence-corrected chi connectivity index (χ2v) is 8.89. The molecule has 210 valence electrons. The molecule has 0 aromatic carbocycles. The lowest BCUT2D eigenvalue weighted by atomic mass is 9.84. The molecule has 2 fully saturated rings. The van der Waals surface area contributed by atoms with Gasteiger partial charge in [-0.3, -0.25) is 0 Å². The van der Waals surface area contributed by atoms with E-state index in [0.717, 1.165) is 19.3 Å². The predicted octanol–water partition coefficient (Wildman–Crippen LogP) is 3.94. The fourth-order valence-electron chi connectivity index (χ4n) is 4.43. The van der Waals surface area contributed by atoms with E-state index >= 15 is 0 Å². The molecule has 0 spiro atoms. The molecule has 18 nitrogen and oxygen atoms in total. The Morgan fingerprint density at radius 1 is 0.789 bits per heavy atom. The van der Waals surface area contributed by atoms with Crippen molar-refractivity contribution in [3.8, 4) is 0 Å². The van der Waals surface area contributed by atoms with Crippen LogP contribution in [0.2, 0.25) is 0 Å². The van der Waals surface area contributed by atoms with Crippen LogP contribution in [0.25, 0.3) is 41.8 Å². The van der Waals surface area contributed by atoms with E-state index in [-0.39, 0.29) is 13.0 Å². The zero-order valence-corrected chi connectivity index (χ0v) is 21.3. The third-order valence-corrected chi connectivity index (χ3v) is 6.37. The number of aliphatic hydroxyl groups excluding tert-OH is 2. The number of rotatable bonds is 15. The molecule has 1 heterocycles. The first kappa shape index (κ1) is 31.2. The molecule has 10 unspecified atom stereocenters. The van der Waals surface area contributed by atoms with Crippen LogP contribution in [0.4, 0.5) is 0 Å². The van der Waals surface area contributed by atoms with Gasteiger partial charge in [-0.05, 0) is 41.4 Å². The van der Waals surface area contributed by atoms with Gasteiger partial charge in [0.05, 0.1) is 43.0 Å². The van der Waals surface area contributed by atoms with Crippen LogP contribution in [0.3, 0.4) is 0 Å². The van der Waals surface area contributed by atoms with Gasteiger partial charge >= 0.3 is 0 Å². The highest BCUT2D eigenvalue weighted by molar-refractivity contribution is 5.03. The van der Waals surface area contributed by atoms with Gasteiger partial charge in [-0.1, -0.05) is 47.1 Å². The van der Waals surface area contributed by atoms with Crippen molar-refractivity contribution in [2.75, 3.05) is 19.8 Å². The minimum Gasteiger partial charge on any atom is -0.390 e. The summed E-state index contributed by atoms with van der Waals surface area (Å²) in [6, 6.07) is -3.24. The maximum atomic E-state index is 10.8. The average Bonchev–Trinajstić information content (AvgIpc) is 2.91. The van der Waals surface area contributed by atoms with Crippen LogP contribution in [0.5, 0.6) is 0 Å². The topological polar surface area (TPSA) is 272 Å². The van der Waals surface area contributed by atoms with Crippen molar-refractivity contribution >= 4 is 0 Å². The first-order valence-corrected chi connectivity index (χ1v) is 12.5. The summed E-state index contributed by atoms with van der Waals surface area (Å²) >= 11 is 0. The van der Waals surface area contributed by atoms with Gasteiger partial charge in [0.15, 0.2) is 6.29 Å². The van der Waals surface area contributed by atoms with Gasteiger partial charge in [-0.2, -0.15) is 0 Å². The molecule has 0 radical (unpaired) electrons. The molecule has 2 rings (SSSR count). The lowest BCUT2D eigenvalue weighted by Crippen LogP contribution is -2.63. The summed E-state index contributed by atoms with van der Waals surface area (Å²) < 4.78 is 24.2. The highest BCUT2D eigenvalue weighted by Gasteiger charge is 2.51. The summed E-state index contributed by atoms with van der Waals surface area (Å²) in [5.41, 5.74) is 36.1. The second kappa shape index (κ2) is 16.8. The van der Waals surface area contributed by atoms with Crippen LogP contribution in [0.1, 0.15) is 46.0 Å². The van der Waals surface area contributed by atoms with Crippen LogP contribution in [0.15, 0.2) is 20.5 Å². The molecule has 38 heavy (non-hydrogen) atoms. The van der Waals surface area contributed by atoms with E-state index in [1.54, 1.807) is 0 Å². The Bertz CT molecular complexity index is 933. The van der Waals surface area contributed by atoms with Crippen molar-refractivity contribution in [1.29, 1.82) is 0 Å². The van der Waals surface area contributed by atoms with Gasteiger partial charge in [0.25, 0.3) is 0 Å². The van der Waals surface area contributed by atoms with E-state index in [1.165, 1.54) is 0 Å². The second-order valence-electron chi connectivity index (χ2n) is 8.89. The van der Waals surface area contributed by atoms with Crippen LogP contribution < -0.4 is 0 Å². The van der Waals surface area contributed by atoms with Crippen molar-refractivity contribution < 1.29 is 29.2 Å². The molecule has 0 bridgehead atoms. The molecule has 1 saturated heterocycles. The molecule has 1 saturated carbocycles. The van der Waals surface area contributed by atoms with Gasteiger partial charge < -0.3 is 29.2 Å². The molecule has 18 heteroatoms. The third kappa shape index (κ3) is 8.25. The quantitative estimate of drug-likeness (QED) is 0.135. The highest BCUT2D eigenvalue weighted by Crippen LogP contribution is 2.34. The largest absolute Gasteiger partial charge is 0.390 e. The van der Waals surface area contributed by atoms with Gasteiger partial charge in [-0.25, -0.2) is 0 Å². The van der Waals surface area contributed by atoms with Crippen LogP contribution in [-0.4, -0.2) is 91.0 Å². The minimum atomic E-state index is -1.64. The molecular formula is C20H34N12O6. The smallest absolute Gasteiger partial charge is 0.169 e. The fourth-order valence-corrected chi connectivity index (χ4v) is 4.43. The Kier molecular flexibility index (Phi) is 13.8. The summed E-state index contributed by atoms with van der Waals surface area (Å²) in [7, 11) is 0. The SMILES string of the molecule is CCCCOC1C(CN=[N+]=[N-])OC(OC2C(N=[N+]=[N-])CC(N=[N+]=[N-])C(O)C2O)C(N=[N+]=[N-])C1OCCCC. The molecule has 10 atom stereocenters. The Morgan fingerprint density at radius 2 is 1.39 bits per heavy atom. The number of hydrogen-bond donors (Lipinski definition) is 2. The van der Waals surface area contributed by atoms with Crippen molar-refractivity contribution in [3.05, 3.63) is 41.8 Å². The first-order valence-electron chi connectivity index (χ1n) is 12.5. The molecule has 0 amide bonds. The predicted molar refractivity (Wildman–Crippen MR) is 132 cm³/mol. The number of hydrogen-bond acceptors (Lipinski definition) is 10. The van der Waals surface area contributed by atoms with Crippen LogP contribution >= 0.6 is 0 Å². The molecule has 2 N–H and O–H groups in total. The lowest BCUT2D eigenvalue weighted by molar-refractivity contribution is -0.298. The van der Waals surface area contributed by atoms with Crippen molar-refractivity contribution in [1.82, 2.24) is 0 Å². The average molecular weight is 539 g/mol. The number of unbranched alkanes of at least 4 members (excludes halogenated alkanes) is 2. The molecule has 0 aromatic rings. The molecule has 0 aromatic heterocycles. The van der Waals surface area contributed by atoms with Crippen LogP contribution in [-0.2, 0) is 18.9 Å². The lowest BCUT2D eigenvalue weighted by Gasteiger charge is -2.47. The maximum Gasteiger partial charge on any atom is 0.169 e. The monoisotopic (exact) mass is 538 g/mol. The number of nitrogens with zero attached hydrogens (tertiary/aromatic N) is 12. The fraction of sp³-hybridized carbons (Fsp3) is 1.00. The summed E-state index contributed by atoms with van der Waals surface area (Å²) in [6.07, 6.45) is -5.32. The van der Waals surface area contributed by atoms with E-state index < -0.39 is 61.0 Å². The molecule has 1 aliphatic carbocycles. The van der Waals surface area contributed by atoms with E-state index in [4.69, 9.17) is 35.5 Å². The molecule has 2 aliphatic rings. The maximum absolute atomic E-state index is 10.8. The van der Waals surface area contributed by atoms with Gasteiger partial charge in [0, 0.05) is 32.9 Å². The minimum absolute atomic E-state index is 0.114. The summed E-state index contributed by atoms with van der Waals surface area (Å²) in [4.78, 5) is 11.2. The van der Waals surface area contributed by atoms with E-state index in [2.05, 4.69) is 40.1 Å². The Labute approximate surface area is 218 Å². The van der Waals surface area contributed by atoms with Crippen molar-refractivity contribution in [2.24, 2.45) is 20.5 Å². The molecular weight excluding hydrogens is 504 g/mol. The summed E-state index contributed by atoms with van der Waals surface area (Å²) in [5, 5.41) is 35.9. The van der Waals surface area contributed by atoms with Crippen LogP contribution in [0, 0.1) is 0 Å². The van der Waals surface area contributed by atoms with Crippen molar-refractivity contribution in [3.63, 3.8) is 0 Å². The number of ether oxygens (including phenoxy) is 4. The van der Waals surface area contributed by atoms with Gasteiger partial charge in [0.1, 0.15) is 18.2 Å². The molecule has 1 aliphatic heterocycles. The first-order chi connectivity index (χ1) is 18.5. The Morgan fingerprint density at radius 3 is 1.97 bits per heavy atom. The summed E-state index contributed by atoms with van der Waals surface area (Å²) in [6.45, 7) is 4.49. The zero-order valence-electron chi connectivity index (χ0n) is 21.3. The Hall–Kier alpha value is -3.00. The van der Waals surface area contributed by atoms with Gasteiger partial charge in [0.2, 0.25) is 0 Å². The van der Waals surface area contributed by atoms with E-state index in [1.807, 2.05) is 13.8 Å². The van der Waals surface area contributed by atoms with Crippen molar-refractivity contribution in [2.45, 2.75) is 107 Å². The standard InChI is InChI=1S/C20H34N12O6/c1-3-5-7-35-18-13(10-25-29-21)37-20(14(28-32-24)19(18)36-8-6-4-2)38-17-12(27-31-23)9-11(26-30-22)15(33)16(17)34/h11-20,33-34H,3-10H2,1-2H3. The van der Waals surface area contributed by atoms with Gasteiger partial charge in [-0.15, -0.1) is 0 Å². The normalized spacial score (nSPS) is 34.6. The highest BCUT2D eigenvalue weighted by atomic mass is 16.7. The Balaban J connectivity index is 2.45. The summed E-state index contributed by atoms with van der Waals surface area (Å²) in [5.74, 6) is 0.